The molecule has 1 heterocycles. The van der Waals surface area contributed by atoms with Gasteiger partial charge in [0.05, 0.1) is 0 Å². The average Bonchev–Trinajstić information content (AvgIpc) is 3.01. The van der Waals surface area contributed by atoms with Gasteiger partial charge < -0.3 is 9.88 Å². The number of carbonyl (C=O) groups is 1. The molecule has 1 amide bonds. The van der Waals surface area contributed by atoms with Gasteiger partial charge in [-0.05, 0) is 49.6 Å². The van der Waals surface area contributed by atoms with Gasteiger partial charge >= 0.3 is 0 Å². The summed E-state index contributed by atoms with van der Waals surface area (Å²) >= 11 is 0. The molecule has 3 aromatic rings. The number of hydrogen-bond acceptors (Lipinski definition) is 2. The van der Waals surface area contributed by atoms with Crippen molar-refractivity contribution in [2.24, 2.45) is 7.05 Å². The van der Waals surface area contributed by atoms with E-state index in [0.29, 0.717) is 5.56 Å². The highest BCUT2D eigenvalue weighted by Gasteiger charge is 2.21. The molecule has 1 unspecified atom stereocenters. The average molecular weight is 333 g/mol. The zero-order valence-corrected chi connectivity index (χ0v) is 15.1. The van der Waals surface area contributed by atoms with Crippen LogP contribution in [-0.4, -0.2) is 15.5 Å². The summed E-state index contributed by atoms with van der Waals surface area (Å²) in [7, 11) is 1.94. The van der Waals surface area contributed by atoms with Crippen molar-refractivity contribution in [3.05, 3.63) is 88.5 Å². The highest BCUT2D eigenvalue weighted by Crippen LogP contribution is 2.22. The molecule has 2 aromatic carbocycles. The molecular formula is C21H23N3O. The van der Waals surface area contributed by atoms with Crippen LogP contribution in [0.1, 0.15) is 44.5 Å². The Morgan fingerprint density at radius 1 is 1.04 bits per heavy atom. The van der Waals surface area contributed by atoms with Crippen molar-refractivity contribution in [3.63, 3.8) is 0 Å². The topological polar surface area (TPSA) is 46.9 Å². The smallest absolute Gasteiger partial charge is 0.252 e. The quantitative estimate of drug-likeness (QED) is 0.788. The van der Waals surface area contributed by atoms with Crippen molar-refractivity contribution < 1.29 is 4.79 Å². The molecule has 0 saturated carbocycles. The fraction of sp³-hybridized carbons (Fsp3) is 0.238. The third-order valence-electron chi connectivity index (χ3n) is 4.57. The van der Waals surface area contributed by atoms with Crippen LogP contribution in [0.2, 0.25) is 0 Å². The van der Waals surface area contributed by atoms with Gasteiger partial charge in [-0.15, -0.1) is 0 Å². The van der Waals surface area contributed by atoms with Crippen molar-refractivity contribution in [2.75, 3.05) is 0 Å². The Morgan fingerprint density at radius 2 is 1.76 bits per heavy atom. The normalized spacial score (nSPS) is 12.0. The predicted molar refractivity (Wildman–Crippen MR) is 99.6 cm³/mol. The van der Waals surface area contributed by atoms with Crippen LogP contribution in [0.25, 0.3) is 0 Å². The molecule has 0 aliphatic rings. The summed E-state index contributed by atoms with van der Waals surface area (Å²) in [4.78, 5) is 17.3. The molecule has 25 heavy (non-hydrogen) atoms. The highest BCUT2D eigenvalue weighted by atomic mass is 16.1. The number of rotatable bonds is 4. The maximum atomic E-state index is 12.8. The van der Waals surface area contributed by atoms with E-state index in [2.05, 4.69) is 10.3 Å². The first-order valence-corrected chi connectivity index (χ1v) is 8.37. The lowest BCUT2D eigenvalue weighted by atomic mass is 10.0. The van der Waals surface area contributed by atoms with Crippen LogP contribution >= 0.6 is 0 Å². The Bertz CT molecular complexity index is 894. The zero-order chi connectivity index (χ0) is 18.0. The van der Waals surface area contributed by atoms with Crippen molar-refractivity contribution in [2.45, 2.75) is 26.8 Å². The predicted octanol–water partition coefficient (Wildman–Crippen LogP) is 3.86. The lowest BCUT2D eigenvalue weighted by molar-refractivity contribution is 0.0941. The van der Waals surface area contributed by atoms with Gasteiger partial charge in [-0.3, -0.25) is 4.79 Å². The Morgan fingerprint density at radius 3 is 2.36 bits per heavy atom. The van der Waals surface area contributed by atoms with Crippen LogP contribution < -0.4 is 5.32 Å². The van der Waals surface area contributed by atoms with Crippen molar-refractivity contribution >= 4 is 5.91 Å². The van der Waals surface area contributed by atoms with E-state index < -0.39 is 0 Å². The minimum atomic E-state index is -0.297. The molecule has 0 aliphatic heterocycles. The number of nitrogens with zero attached hydrogens (tertiary/aromatic N) is 2. The van der Waals surface area contributed by atoms with Crippen LogP contribution in [0.5, 0.6) is 0 Å². The fourth-order valence-electron chi connectivity index (χ4n) is 2.81. The van der Waals surface area contributed by atoms with Crippen LogP contribution in [0, 0.1) is 20.8 Å². The number of benzene rings is 2. The maximum absolute atomic E-state index is 12.8. The minimum Gasteiger partial charge on any atom is -0.338 e. The largest absolute Gasteiger partial charge is 0.338 e. The molecule has 0 fully saturated rings. The summed E-state index contributed by atoms with van der Waals surface area (Å²) in [5.74, 6) is 0.706. The monoisotopic (exact) mass is 333 g/mol. The molecule has 1 atom stereocenters. The third-order valence-corrected chi connectivity index (χ3v) is 4.57. The van der Waals surface area contributed by atoms with Gasteiger partial charge in [0.2, 0.25) is 0 Å². The molecular weight excluding hydrogens is 310 g/mol. The molecule has 0 radical (unpaired) electrons. The van der Waals surface area contributed by atoms with E-state index in [9.17, 15) is 4.79 Å². The summed E-state index contributed by atoms with van der Waals surface area (Å²) in [6, 6.07) is 13.6. The number of hydrogen-bond donors (Lipinski definition) is 1. The van der Waals surface area contributed by atoms with Crippen LogP contribution in [0.4, 0.5) is 0 Å². The van der Waals surface area contributed by atoms with Crippen LogP contribution in [0.15, 0.2) is 54.9 Å². The molecule has 0 saturated heterocycles. The first-order chi connectivity index (χ1) is 12.0. The molecule has 0 bridgehead atoms. The van der Waals surface area contributed by atoms with E-state index in [1.54, 1.807) is 6.20 Å². The van der Waals surface area contributed by atoms with Gasteiger partial charge in [0.25, 0.3) is 5.91 Å². The van der Waals surface area contributed by atoms with Gasteiger partial charge in [-0.25, -0.2) is 4.98 Å². The number of aromatic nitrogens is 2. The first kappa shape index (κ1) is 17.0. The van der Waals surface area contributed by atoms with Gasteiger partial charge in [0.15, 0.2) is 0 Å². The standard InChI is InChI=1S/C21H23N3O/c1-14-5-8-17(9-6-14)19(20-22-11-12-24(20)4)23-21(25)18-10-7-15(2)16(3)13-18/h5-13,19H,1-4H3,(H,23,25). The third kappa shape index (κ3) is 3.63. The lowest BCUT2D eigenvalue weighted by Crippen LogP contribution is -2.31. The summed E-state index contributed by atoms with van der Waals surface area (Å²) in [5, 5.41) is 3.14. The summed E-state index contributed by atoms with van der Waals surface area (Å²) in [6.07, 6.45) is 3.64. The number of amides is 1. The SMILES string of the molecule is Cc1ccc(C(NC(=O)c2ccc(C)c(C)c2)c2nccn2C)cc1. The zero-order valence-electron chi connectivity index (χ0n) is 15.1. The summed E-state index contributed by atoms with van der Waals surface area (Å²) < 4.78 is 1.94. The molecule has 1 N–H and O–H groups in total. The van der Waals surface area contributed by atoms with Gasteiger partial charge in [-0.1, -0.05) is 35.9 Å². The molecule has 4 nitrogen and oxygen atoms in total. The Kier molecular flexibility index (Phi) is 4.70. The van der Waals surface area contributed by atoms with E-state index in [0.717, 1.165) is 17.0 Å². The molecule has 128 valence electrons. The number of nitrogens with one attached hydrogen (secondary N) is 1. The second kappa shape index (κ2) is 6.93. The van der Waals surface area contributed by atoms with Crippen molar-refractivity contribution in [1.29, 1.82) is 0 Å². The molecule has 4 heteroatoms. The second-order valence-electron chi connectivity index (χ2n) is 6.51. The molecule has 0 aliphatic carbocycles. The van der Waals surface area contributed by atoms with E-state index in [4.69, 9.17) is 0 Å². The second-order valence-corrected chi connectivity index (χ2v) is 6.51. The molecule has 0 spiro atoms. The van der Waals surface area contributed by atoms with E-state index >= 15 is 0 Å². The Balaban J connectivity index is 1.94. The summed E-state index contributed by atoms with van der Waals surface area (Å²) in [5.41, 5.74) is 5.14. The van der Waals surface area contributed by atoms with Crippen molar-refractivity contribution in [3.8, 4) is 0 Å². The van der Waals surface area contributed by atoms with Crippen molar-refractivity contribution in [1.82, 2.24) is 14.9 Å². The van der Waals surface area contributed by atoms with Gasteiger partial charge in [-0.2, -0.15) is 0 Å². The first-order valence-electron chi connectivity index (χ1n) is 8.37. The minimum absolute atomic E-state index is 0.100. The molecule has 3 rings (SSSR count). The number of carbonyl (C=O) groups excluding carboxylic acids is 1. The number of aryl methyl sites for hydroxylation is 4. The maximum Gasteiger partial charge on any atom is 0.252 e. The van der Waals surface area contributed by atoms with Gasteiger partial charge in [0, 0.05) is 25.0 Å². The van der Waals surface area contributed by atoms with E-state index in [1.165, 1.54) is 11.1 Å². The highest BCUT2D eigenvalue weighted by molar-refractivity contribution is 5.94. The van der Waals surface area contributed by atoms with E-state index in [-0.39, 0.29) is 11.9 Å². The lowest BCUT2D eigenvalue weighted by Gasteiger charge is -2.20. The fourth-order valence-corrected chi connectivity index (χ4v) is 2.81. The van der Waals surface area contributed by atoms with Crippen LogP contribution in [0.3, 0.4) is 0 Å². The van der Waals surface area contributed by atoms with Gasteiger partial charge in [0.1, 0.15) is 11.9 Å². The Hall–Kier alpha value is -2.88. The molecule has 1 aromatic heterocycles. The summed E-state index contributed by atoms with van der Waals surface area (Å²) in [6.45, 7) is 6.11. The Labute approximate surface area is 148 Å². The van der Waals surface area contributed by atoms with E-state index in [1.807, 2.05) is 81.0 Å². The number of imidazole rings is 1. The van der Waals surface area contributed by atoms with Crippen LogP contribution in [-0.2, 0) is 7.05 Å².